The first-order chi connectivity index (χ1) is 12.6. The van der Waals surface area contributed by atoms with E-state index in [1.807, 2.05) is 13.8 Å². The molecule has 2 rings (SSSR count). The number of amides is 1. The van der Waals surface area contributed by atoms with Crippen molar-refractivity contribution in [1.82, 2.24) is 9.80 Å². The smallest absolute Gasteiger partial charge is 0.290 e. The van der Waals surface area contributed by atoms with Gasteiger partial charge in [0.25, 0.3) is 5.91 Å². The number of ketones is 1. The van der Waals surface area contributed by atoms with Crippen molar-refractivity contribution in [2.45, 2.75) is 40.7 Å². The van der Waals surface area contributed by atoms with Crippen LogP contribution in [0.2, 0.25) is 0 Å². The maximum absolute atomic E-state index is 13.0. The zero-order chi connectivity index (χ0) is 20.4. The predicted molar refractivity (Wildman–Crippen MR) is 104 cm³/mol. The fourth-order valence-electron chi connectivity index (χ4n) is 3.35. The van der Waals surface area contributed by atoms with E-state index in [0.29, 0.717) is 18.7 Å². The number of hydrogen-bond acceptors (Lipinski definition) is 5. The van der Waals surface area contributed by atoms with Crippen LogP contribution in [0.3, 0.4) is 0 Å². The van der Waals surface area contributed by atoms with Gasteiger partial charge in [-0.3, -0.25) is 9.59 Å². The summed E-state index contributed by atoms with van der Waals surface area (Å²) < 4.78 is 0. The summed E-state index contributed by atoms with van der Waals surface area (Å²) in [7, 11) is 0. The van der Waals surface area contributed by atoms with Gasteiger partial charge in [0.15, 0.2) is 11.5 Å². The monoisotopic (exact) mass is 374 g/mol. The number of carbonyl (C=O) groups is 2. The normalized spacial score (nSPS) is 17.9. The summed E-state index contributed by atoms with van der Waals surface area (Å²) in [4.78, 5) is 29.5. The minimum Gasteiger partial charge on any atom is -0.508 e. The van der Waals surface area contributed by atoms with Crippen molar-refractivity contribution in [1.29, 1.82) is 0 Å². The molecule has 27 heavy (non-hydrogen) atoms. The van der Waals surface area contributed by atoms with Crippen LogP contribution in [0.25, 0.3) is 0 Å². The summed E-state index contributed by atoms with van der Waals surface area (Å²) in [5, 5.41) is 20.4. The molecule has 1 amide bonds. The van der Waals surface area contributed by atoms with Crippen molar-refractivity contribution >= 4 is 11.7 Å². The largest absolute Gasteiger partial charge is 0.508 e. The number of phenolic OH excluding ortho intramolecular Hbond substituents is 1. The van der Waals surface area contributed by atoms with Gasteiger partial charge in [-0.15, -0.1) is 0 Å². The van der Waals surface area contributed by atoms with Gasteiger partial charge in [-0.2, -0.15) is 0 Å². The molecular formula is C21H30N2O4. The van der Waals surface area contributed by atoms with Crippen molar-refractivity contribution in [3.63, 3.8) is 0 Å². The molecule has 6 nitrogen and oxygen atoms in total. The van der Waals surface area contributed by atoms with Gasteiger partial charge in [0.2, 0.25) is 0 Å². The Morgan fingerprint density at radius 3 is 2.33 bits per heavy atom. The van der Waals surface area contributed by atoms with E-state index >= 15 is 0 Å². The topological polar surface area (TPSA) is 81.1 Å². The third-order valence-corrected chi connectivity index (χ3v) is 4.97. The molecule has 1 heterocycles. The lowest BCUT2D eigenvalue weighted by Crippen LogP contribution is -2.39. The summed E-state index contributed by atoms with van der Waals surface area (Å²) in [6.07, 6.45) is 0. The number of rotatable bonds is 7. The van der Waals surface area contributed by atoms with E-state index in [0.717, 1.165) is 13.1 Å². The predicted octanol–water partition coefficient (Wildman–Crippen LogP) is 3.04. The number of hydrogen-bond donors (Lipinski definition) is 2. The SMILES string of the molecule is CCN(CC)CCN1C(=O)C(O)=C(C(=O)C(C)(C)C)C1c1cccc(O)c1. The van der Waals surface area contributed by atoms with Crippen LogP contribution in [-0.4, -0.2) is 57.9 Å². The molecule has 148 valence electrons. The Hall–Kier alpha value is -2.34. The Labute approximate surface area is 161 Å². The van der Waals surface area contributed by atoms with Crippen molar-refractivity contribution in [2.75, 3.05) is 26.2 Å². The van der Waals surface area contributed by atoms with Gasteiger partial charge in [-0.05, 0) is 30.8 Å². The summed E-state index contributed by atoms with van der Waals surface area (Å²) in [5.74, 6) is -1.24. The molecule has 0 saturated heterocycles. The molecule has 1 aromatic carbocycles. The third kappa shape index (κ3) is 4.33. The van der Waals surface area contributed by atoms with E-state index in [1.165, 1.54) is 17.0 Å². The summed E-state index contributed by atoms with van der Waals surface area (Å²) >= 11 is 0. The summed E-state index contributed by atoms with van der Waals surface area (Å²) in [5.41, 5.74) is -0.0229. The Morgan fingerprint density at radius 2 is 1.81 bits per heavy atom. The van der Waals surface area contributed by atoms with Gasteiger partial charge in [0.1, 0.15) is 5.75 Å². The molecule has 1 aromatic rings. The highest BCUT2D eigenvalue weighted by Gasteiger charge is 2.45. The lowest BCUT2D eigenvalue weighted by atomic mass is 9.82. The van der Waals surface area contributed by atoms with Crippen LogP contribution >= 0.6 is 0 Å². The highest BCUT2D eigenvalue weighted by atomic mass is 16.3. The van der Waals surface area contributed by atoms with Crippen molar-refractivity contribution in [2.24, 2.45) is 5.41 Å². The van der Waals surface area contributed by atoms with Crippen LogP contribution in [0.15, 0.2) is 35.6 Å². The molecule has 0 fully saturated rings. The number of benzene rings is 1. The second kappa shape index (κ2) is 8.13. The van der Waals surface area contributed by atoms with Crippen LogP contribution in [0.4, 0.5) is 0 Å². The zero-order valence-corrected chi connectivity index (χ0v) is 16.8. The number of nitrogens with zero attached hydrogens (tertiary/aromatic N) is 2. The molecule has 0 bridgehead atoms. The first-order valence-corrected chi connectivity index (χ1v) is 9.42. The quantitative estimate of drug-likeness (QED) is 0.767. The maximum atomic E-state index is 13.0. The second-order valence-electron chi connectivity index (χ2n) is 7.86. The Morgan fingerprint density at radius 1 is 1.19 bits per heavy atom. The molecule has 0 aromatic heterocycles. The zero-order valence-electron chi connectivity index (χ0n) is 16.8. The van der Waals surface area contributed by atoms with Crippen LogP contribution in [0.5, 0.6) is 5.75 Å². The number of carbonyl (C=O) groups excluding carboxylic acids is 2. The summed E-state index contributed by atoms with van der Waals surface area (Å²) in [6.45, 7) is 12.1. The highest BCUT2D eigenvalue weighted by Crippen LogP contribution is 2.41. The maximum Gasteiger partial charge on any atom is 0.290 e. The lowest BCUT2D eigenvalue weighted by Gasteiger charge is -2.30. The van der Waals surface area contributed by atoms with Crippen molar-refractivity contribution in [3.05, 3.63) is 41.2 Å². The van der Waals surface area contributed by atoms with Crippen LogP contribution in [0.1, 0.15) is 46.2 Å². The van der Waals surface area contributed by atoms with E-state index in [-0.39, 0.29) is 17.1 Å². The summed E-state index contributed by atoms with van der Waals surface area (Å²) in [6, 6.07) is 5.81. The highest BCUT2D eigenvalue weighted by molar-refractivity contribution is 6.10. The number of phenols is 1. The number of likely N-dealkylation sites (N-methyl/N-ethyl adjacent to an activating group) is 1. The minimum atomic E-state index is -0.743. The third-order valence-electron chi connectivity index (χ3n) is 4.97. The van der Waals surface area contributed by atoms with Crippen LogP contribution in [0, 0.1) is 5.41 Å². The number of Topliss-reactive ketones (excluding diaryl/α,β-unsaturated/α-hetero) is 1. The molecule has 6 heteroatoms. The first kappa shape index (κ1) is 21.0. The average Bonchev–Trinajstić information content (AvgIpc) is 2.85. The van der Waals surface area contributed by atoms with Gasteiger partial charge in [-0.1, -0.05) is 46.8 Å². The Kier molecular flexibility index (Phi) is 6.31. The Balaban J connectivity index is 2.48. The molecule has 1 aliphatic rings. The molecule has 1 aliphatic heterocycles. The lowest BCUT2D eigenvalue weighted by molar-refractivity contribution is -0.129. The van der Waals surface area contributed by atoms with Gasteiger partial charge in [0, 0.05) is 18.5 Å². The molecule has 1 unspecified atom stereocenters. The van der Waals surface area contributed by atoms with Gasteiger partial charge in [-0.25, -0.2) is 0 Å². The van der Waals surface area contributed by atoms with Crippen molar-refractivity contribution < 1.29 is 19.8 Å². The van der Waals surface area contributed by atoms with Gasteiger partial charge >= 0.3 is 0 Å². The number of aliphatic hydroxyl groups is 1. The molecule has 0 spiro atoms. The van der Waals surface area contributed by atoms with E-state index in [9.17, 15) is 19.8 Å². The standard InChI is InChI=1S/C21H30N2O4/c1-6-22(7-2)11-12-23-17(14-9-8-10-15(24)13-14)16(18(25)20(23)27)19(26)21(3,4)5/h8-10,13,17,24-25H,6-7,11-12H2,1-5H3. The fraction of sp³-hybridized carbons (Fsp3) is 0.524. The van der Waals surface area contributed by atoms with E-state index < -0.39 is 23.1 Å². The Bertz CT molecular complexity index is 745. The first-order valence-electron chi connectivity index (χ1n) is 9.42. The van der Waals surface area contributed by atoms with Crippen LogP contribution < -0.4 is 0 Å². The second-order valence-corrected chi connectivity index (χ2v) is 7.86. The van der Waals surface area contributed by atoms with Crippen LogP contribution in [-0.2, 0) is 9.59 Å². The van der Waals surface area contributed by atoms with Crippen molar-refractivity contribution in [3.8, 4) is 5.75 Å². The van der Waals surface area contributed by atoms with E-state index in [2.05, 4.69) is 4.90 Å². The van der Waals surface area contributed by atoms with Gasteiger partial charge < -0.3 is 20.0 Å². The molecular weight excluding hydrogens is 344 g/mol. The molecule has 0 aliphatic carbocycles. The number of aromatic hydroxyl groups is 1. The number of aliphatic hydroxyl groups excluding tert-OH is 1. The molecule has 0 saturated carbocycles. The molecule has 1 atom stereocenters. The molecule has 2 N–H and O–H groups in total. The fourth-order valence-corrected chi connectivity index (χ4v) is 3.35. The van der Waals surface area contributed by atoms with E-state index in [1.54, 1.807) is 32.9 Å². The van der Waals surface area contributed by atoms with E-state index in [4.69, 9.17) is 0 Å². The average molecular weight is 374 g/mol. The molecule has 0 radical (unpaired) electrons. The van der Waals surface area contributed by atoms with Gasteiger partial charge in [0.05, 0.1) is 11.6 Å². The minimum absolute atomic E-state index is 0.0533.